The van der Waals surface area contributed by atoms with Crippen molar-refractivity contribution in [1.29, 1.82) is 0 Å². The number of aromatic carboxylic acids is 1. The third kappa shape index (κ3) is 4.44. The van der Waals surface area contributed by atoms with Crippen LogP contribution >= 0.6 is 0 Å². The first-order valence-electron chi connectivity index (χ1n) is 4.94. The molecule has 0 spiro atoms. The molecular weight excluding hydrogens is 244 g/mol. The van der Waals surface area contributed by atoms with Gasteiger partial charge in [-0.15, -0.1) is 0 Å². The summed E-state index contributed by atoms with van der Waals surface area (Å²) in [5.74, 6) is -0.589. The van der Waals surface area contributed by atoms with Crippen LogP contribution in [0.3, 0.4) is 0 Å². The van der Waals surface area contributed by atoms with Crippen LogP contribution < -0.4 is 4.74 Å². The minimum absolute atomic E-state index is 0.0602. The van der Waals surface area contributed by atoms with E-state index in [4.69, 9.17) is 9.84 Å². The Labute approximate surface area is 100.0 Å². The maximum absolute atomic E-state index is 10.9. The van der Waals surface area contributed by atoms with Crippen LogP contribution in [-0.2, 0) is 9.84 Å². The highest BCUT2D eigenvalue weighted by molar-refractivity contribution is 7.90. The van der Waals surface area contributed by atoms with Crippen LogP contribution in [0.5, 0.6) is 5.75 Å². The molecule has 94 valence electrons. The number of aryl methyl sites for hydroxylation is 1. The third-order valence-electron chi connectivity index (χ3n) is 2.15. The molecule has 0 radical (unpaired) electrons. The summed E-state index contributed by atoms with van der Waals surface area (Å²) >= 11 is 0. The van der Waals surface area contributed by atoms with Gasteiger partial charge in [0.2, 0.25) is 0 Å². The highest BCUT2D eigenvalue weighted by Crippen LogP contribution is 2.17. The van der Waals surface area contributed by atoms with Crippen LogP contribution in [0.2, 0.25) is 0 Å². The standard InChI is InChI=1S/C11H14O5S/c1-8-7-9(3-4-10(8)11(12)13)16-5-6-17(2,14)15/h3-4,7H,5-6H2,1-2H3,(H,12,13). The molecule has 0 bridgehead atoms. The van der Waals surface area contributed by atoms with E-state index in [0.717, 1.165) is 6.26 Å². The monoisotopic (exact) mass is 258 g/mol. The Bertz CT molecular complexity index is 519. The molecule has 5 nitrogen and oxygen atoms in total. The van der Waals surface area contributed by atoms with E-state index in [9.17, 15) is 13.2 Å². The van der Waals surface area contributed by atoms with Gasteiger partial charge in [0.1, 0.15) is 12.4 Å². The predicted octanol–water partition coefficient (Wildman–Crippen LogP) is 1.12. The van der Waals surface area contributed by atoms with Gasteiger partial charge in [0.25, 0.3) is 0 Å². The van der Waals surface area contributed by atoms with Gasteiger partial charge in [0.15, 0.2) is 9.84 Å². The van der Waals surface area contributed by atoms with Crippen LogP contribution in [0.1, 0.15) is 15.9 Å². The van der Waals surface area contributed by atoms with Crippen LogP contribution in [0.15, 0.2) is 18.2 Å². The first-order valence-corrected chi connectivity index (χ1v) is 7.00. The third-order valence-corrected chi connectivity index (χ3v) is 3.06. The zero-order chi connectivity index (χ0) is 13.1. The summed E-state index contributed by atoms with van der Waals surface area (Å²) < 4.78 is 27.0. The summed E-state index contributed by atoms with van der Waals surface area (Å²) in [6.45, 7) is 1.72. The second-order valence-electron chi connectivity index (χ2n) is 3.76. The molecule has 0 aliphatic carbocycles. The largest absolute Gasteiger partial charge is 0.493 e. The molecule has 0 saturated carbocycles. The molecule has 0 aromatic heterocycles. The molecular formula is C11H14O5S. The van der Waals surface area contributed by atoms with Crippen LogP contribution in [-0.4, -0.2) is 38.1 Å². The van der Waals surface area contributed by atoms with Gasteiger partial charge < -0.3 is 9.84 Å². The fourth-order valence-corrected chi connectivity index (χ4v) is 1.66. The van der Waals surface area contributed by atoms with Crippen molar-refractivity contribution in [3.05, 3.63) is 29.3 Å². The summed E-state index contributed by atoms with van der Waals surface area (Å²) in [6, 6.07) is 4.53. The van der Waals surface area contributed by atoms with Crippen molar-refractivity contribution in [1.82, 2.24) is 0 Å². The average molecular weight is 258 g/mol. The Balaban J connectivity index is 2.68. The molecule has 0 aliphatic rings. The number of carbonyl (C=O) groups is 1. The van der Waals surface area contributed by atoms with E-state index in [0.29, 0.717) is 11.3 Å². The minimum Gasteiger partial charge on any atom is -0.493 e. The molecule has 0 atom stereocenters. The number of sulfone groups is 1. The molecule has 1 aromatic rings. The van der Waals surface area contributed by atoms with Gasteiger partial charge in [-0.1, -0.05) is 0 Å². The maximum Gasteiger partial charge on any atom is 0.335 e. The predicted molar refractivity (Wildman–Crippen MR) is 63.3 cm³/mol. The van der Waals surface area contributed by atoms with Gasteiger partial charge >= 0.3 is 5.97 Å². The normalized spacial score (nSPS) is 11.2. The van der Waals surface area contributed by atoms with Crippen molar-refractivity contribution in [3.63, 3.8) is 0 Å². The molecule has 6 heteroatoms. The number of ether oxygens (including phenoxy) is 1. The highest BCUT2D eigenvalue weighted by atomic mass is 32.2. The topological polar surface area (TPSA) is 80.7 Å². The second kappa shape index (κ2) is 5.18. The Morgan fingerprint density at radius 1 is 1.41 bits per heavy atom. The number of carboxylic acids is 1. The number of hydrogen-bond acceptors (Lipinski definition) is 4. The highest BCUT2D eigenvalue weighted by Gasteiger charge is 2.08. The number of rotatable bonds is 5. The Hall–Kier alpha value is -1.56. The SMILES string of the molecule is Cc1cc(OCCS(C)(=O)=O)ccc1C(=O)O. The maximum atomic E-state index is 10.9. The fraction of sp³-hybridized carbons (Fsp3) is 0.364. The van der Waals surface area contributed by atoms with Crippen LogP contribution in [0.25, 0.3) is 0 Å². The second-order valence-corrected chi connectivity index (χ2v) is 6.02. The lowest BCUT2D eigenvalue weighted by Gasteiger charge is -2.07. The van der Waals surface area contributed by atoms with Crippen molar-refractivity contribution >= 4 is 15.8 Å². The Morgan fingerprint density at radius 3 is 2.53 bits per heavy atom. The Kier molecular flexibility index (Phi) is 4.11. The molecule has 17 heavy (non-hydrogen) atoms. The first-order chi connectivity index (χ1) is 7.79. The molecule has 0 saturated heterocycles. The molecule has 1 N–H and O–H groups in total. The summed E-state index contributed by atoms with van der Waals surface area (Å²) in [4.78, 5) is 10.8. The van der Waals surface area contributed by atoms with Crippen LogP contribution in [0.4, 0.5) is 0 Å². The van der Waals surface area contributed by atoms with E-state index in [1.54, 1.807) is 13.0 Å². The van der Waals surface area contributed by atoms with Gasteiger partial charge in [-0.05, 0) is 30.7 Å². The zero-order valence-corrected chi connectivity index (χ0v) is 10.5. The molecule has 0 unspecified atom stereocenters. The Morgan fingerprint density at radius 2 is 2.06 bits per heavy atom. The molecule has 0 amide bonds. The lowest BCUT2D eigenvalue weighted by atomic mass is 10.1. The lowest BCUT2D eigenvalue weighted by molar-refractivity contribution is 0.0696. The molecule has 0 aliphatic heterocycles. The van der Waals surface area contributed by atoms with Crippen molar-refractivity contribution in [3.8, 4) is 5.75 Å². The summed E-state index contributed by atoms with van der Waals surface area (Å²) in [6.07, 6.45) is 1.13. The van der Waals surface area contributed by atoms with E-state index in [1.165, 1.54) is 12.1 Å². The van der Waals surface area contributed by atoms with Gasteiger partial charge in [-0.2, -0.15) is 0 Å². The number of benzene rings is 1. The lowest BCUT2D eigenvalue weighted by Crippen LogP contribution is -2.12. The number of carboxylic acid groups (broad SMARTS) is 1. The van der Waals surface area contributed by atoms with E-state index in [-0.39, 0.29) is 17.9 Å². The van der Waals surface area contributed by atoms with Gasteiger partial charge in [0.05, 0.1) is 11.3 Å². The first kappa shape index (κ1) is 13.5. The van der Waals surface area contributed by atoms with E-state index < -0.39 is 15.8 Å². The summed E-state index contributed by atoms with van der Waals surface area (Å²) in [5.41, 5.74) is 0.787. The van der Waals surface area contributed by atoms with Gasteiger partial charge in [-0.25, -0.2) is 13.2 Å². The minimum atomic E-state index is -3.05. The van der Waals surface area contributed by atoms with Crippen molar-refractivity contribution in [2.45, 2.75) is 6.92 Å². The van der Waals surface area contributed by atoms with Crippen molar-refractivity contribution in [2.24, 2.45) is 0 Å². The molecule has 0 fully saturated rings. The average Bonchev–Trinajstić information content (AvgIpc) is 2.15. The van der Waals surface area contributed by atoms with Gasteiger partial charge in [0, 0.05) is 6.26 Å². The number of hydrogen-bond donors (Lipinski definition) is 1. The van der Waals surface area contributed by atoms with Gasteiger partial charge in [-0.3, -0.25) is 0 Å². The molecule has 1 aromatic carbocycles. The fourth-order valence-electron chi connectivity index (χ4n) is 1.28. The summed E-state index contributed by atoms with van der Waals surface area (Å²) in [7, 11) is -3.05. The van der Waals surface area contributed by atoms with Crippen molar-refractivity contribution in [2.75, 3.05) is 18.6 Å². The van der Waals surface area contributed by atoms with E-state index >= 15 is 0 Å². The zero-order valence-electron chi connectivity index (χ0n) is 9.63. The van der Waals surface area contributed by atoms with E-state index in [1.807, 2.05) is 0 Å². The molecule has 1 rings (SSSR count). The quantitative estimate of drug-likeness (QED) is 0.855. The molecule has 0 heterocycles. The van der Waals surface area contributed by atoms with Crippen LogP contribution in [0, 0.1) is 6.92 Å². The summed E-state index contributed by atoms with van der Waals surface area (Å²) in [5, 5.41) is 8.82. The van der Waals surface area contributed by atoms with E-state index in [2.05, 4.69) is 0 Å². The smallest absolute Gasteiger partial charge is 0.335 e. The van der Waals surface area contributed by atoms with Crippen molar-refractivity contribution < 1.29 is 23.1 Å².